The van der Waals surface area contributed by atoms with Crippen LogP contribution in [0.4, 0.5) is 0 Å². The Hall–Kier alpha value is -1.02. The van der Waals surface area contributed by atoms with Gasteiger partial charge in [0.2, 0.25) is 0 Å². The van der Waals surface area contributed by atoms with E-state index in [9.17, 15) is 0 Å². The predicted molar refractivity (Wildman–Crippen MR) is 76.1 cm³/mol. The van der Waals surface area contributed by atoms with E-state index in [0.29, 0.717) is 18.1 Å². The number of benzene rings is 1. The van der Waals surface area contributed by atoms with Gasteiger partial charge < -0.3 is 10.1 Å². The van der Waals surface area contributed by atoms with Crippen LogP contribution in [0.25, 0.3) is 0 Å². The third-order valence-electron chi connectivity index (χ3n) is 3.70. The Labute approximate surface area is 111 Å². The summed E-state index contributed by atoms with van der Waals surface area (Å²) in [6.07, 6.45) is 3.83. The molecule has 100 valence electrons. The average molecular weight is 247 g/mol. The summed E-state index contributed by atoms with van der Waals surface area (Å²) in [4.78, 5) is 0. The number of para-hydroxylation sites is 1. The third-order valence-corrected chi connectivity index (χ3v) is 3.70. The summed E-state index contributed by atoms with van der Waals surface area (Å²) in [5.74, 6) is 1.81. The number of rotatable bonds is 6. The first-order valence-corrected chi connectivity index (χ1v) is 7.17. The van der Waals surface area contributed by atoms with Gasteiger partial charge in [0.1, 0.15) is 11.9 Å². The Kier molecular flexibility index (Phi) is 4.65. The van der Waals surface area contributed by atoms with Crippen LogP contribution in [0, 0.1) is 5.92 Å². The zero-order valence-electron chi connectivity index (χ0n) is 11.8. The van der Waals surface area contributed by atoms with Crippen LogP contribution < -0.4 is 10.1 Å². The summed E-state index contributed by atoms with van der Waals surface area (Å²) in [5.41, 5.74) is 1.37. The fourth-order valence-corrected chi connectivity index (χ4v) is 2.55. The Morgan fingerprint density at radius 2 is 2.11 bits per heavy atom. The molecule has 0 radical (unpaired) electrons. The second-order valence-corrected chi connectivity index (χ2v) is 5.62. The van der Waals surface area contributed by atoms with Crippen LogP contribution in [-0.4, -0.2) is 18.7 Å². The van der Waals surface area contributed by atoms with E-state index in [1.807, 2.05) is 0 Å². The van der Waals surface area contributed by atoms with E-state index in [0.717, 1.165) is 25.1 Å². The van der Waals surface area contributed by atoms with Gasteiger partial charge in [-0.25, -0.2) is 0 Å². The highest BCUT2D eigenvalue weighted by atomic mass is 16.5. The number of nitrogens with one attached hydrogen (secondary N) is 1. The second kappa shape index (κ2) is 6.24. The van der Waals surface area contributed by atoms with Crippen molar-refractivity contribution in [3.63, 3.8) is 0 Å². The van der Waals surface area contributed by atoms with Gasteiger partial charge in [0.15, 0.2) is 0 Å². The highest BCUT2D eigenvalue weighted by Crippen LogP contribution is 2.31. The maximum Gasteiger partial charge on any atom is 0.123 e. The molecule has 1 heterocycles. The fourth-order valence-electron chi connectivity index (χ4n) is 2.55. The van der Waals surface area contributed by atoms with E-state index in [-0.39, 0.29) is 0 Å². The molecule has 2 heteroatoms. The van der Waals surface area contributed by atoms with E-state index in [4.69, 9.17) is 4.74 Å². The van der Waals surface area contributed by atoms with Crippen LogP contribution in [0.15, 0.2) is 24.3 Å². The molecule has 0 saturated heterocycles. The summed E-state index contributed by atoms with van der Waals surface area (Å²) in [6.45, 7) is 7.78. The minimum atomic E-state index is 0.376. The van der Waals surface area contributed by atoms with Crippen LogP contribution >= 0.6 is 0 Å². The molecular weight excluding hydrogens is 222 g/mol. The monoisotopic (exact) mass is 247 g/mol. The van der Waals surface area contributed by atoms with Crippen molar-refractivity contribution in [3.05, 3.63) is 29.8 Å². The van der Waals surface area contributed by atoms with Gasteiger partial charge in [-0.3, -0.25) is 0 Å². The number of hydrogen-bond donors (Lipinski definition) is 1. The van der Waals surface area contributed by atoms with Crippen LogP contribution in [-0.2, 0) is 6.42 Å². The van der Waals surface area contributed by atoms with Crippen molar-refractivity contribution in [1.82, 2.24) is 5.32 Å². The van der Waals surface area contributed by atoms with E-state index in [2.05, 4.69) is 50.4 Å². The van der Waals surface area contributed by atoms with E-state index in [1.165, 1.54) is 12.0 Å². The van der Waals surface area contributed by atoms with Crippen molar-refractivity contribution in [3.8, 4) is 5.75 Å². The lowest BCUT2D eigenvalue weighted by Gasteiger charge is -2.21. The van der Waals surface area contributed by atoms with E-state index >= 15 is 0 Å². The molecular formula is C16H25NO. The largest absolute Gasteiger partial charge is 0.490 e. The number of fused-ring (bicyclic) bond motifs is 1. The molecule has 2 nitrogen and oxygen atoms in total. The molecule has 1 N–H and O–H groups in total. The molecule has 2 rings (SSSR count). The van der Waals surface area contributed by atoms with Crippen molar-refractivity contribution < 1.29 is 4.74 Å². The van der Waals surface area contributed by atoms with Gasteiger partial charge in [-0.1, -0.05) is 45.4 Å². The van der Waals surface area contributed by atoms with E-state index < -0.39 is 0 Å². The standard InChI is InChI=1S/C16H25NO/c1-4-13(11-17-12(2)3)9-15-10-14-7-5-6-8-16(14)18-15/h5-8,12-13,15,17H,4,9-11H2,1-3H3. The van der Waals surface area contributed by atoms with E-state index in [1.54, 1.807) is 0 Å². The van der Waals surface area contributed by atoms with Gasteiger partial charge >= 0.3 is 0 Å². The van der Waals surface area contributed by atoms with Gasteiger partial charge in [0, 0.05) is 12.5 Å². The average Bonchev–Trinajstić information content (AvgIpc) is 2.76. The molecule has 2 unspecified atom stereocenters. The van der Waals surface area contributed by atoms with Crippen LogP contribution in [0.1, 0.15) is 39.2 Å². The fraction of sp³-hybridized carbons (Fsp3) is 0.625. The third kappa shape index (κ3) is 3.49. The molecule has 0 saturated carbocycles. The molecule has 18 heavy (non-hydrogen) atoms. The molecule has 0 fully saturated rings. The molecule has 1 aliphatic heterocycles. The number of hydrogen-bond acceptors (Lipinski definition) is 2. The predicted octanol–water partition coefficient (Wildman–Crippen LogP) is 3.40. The molecule has 1 aromatic carbocycles. The highest BCUT2D eigenvalue weighted by molar-refractivity contribution is 5.37. The summed E-state index contributed by atoms with van der Waals surface area (Å²) >= 11 is 0. The minimum absolute atomic E-state index is 0.376. The normalized spacial score (nSPS) is 19.7. The Morgan fingerprint density at radius 1 is 1.33 bits per heavy atom. The molecule has 2 atom stereocenters. The zero-order valence-corrected chi connectivity index (χ0v) is 11.8. The Morgan fingerprint density at radius 3 is 2.78 bits per heavy atom. The van der Waals surface area contributed by atoms with Gasteiger partial charge in [0.05, 0.1) is 0 Å². The van der Waals surface area contributed by atoms with Crippen LogP contribution in [0.3, 0.4) is 0 Å². The molecule has 0 aromatic heterocycles. The van der Waals surface area contributed by atoms with Gasteiger partial charge in [-0.2, -0.15) is 0 Å². The molecule has 0 aliphatic carbocycles. The minimum Gasteiger partial charge on any atom is -0.490 e. The van der Waals surface area contributed by atoms with Crippen LogP contribution in [0.5, 0.6) is 5.75 Å². The topological polar surface area (TPSA) is 21.3 Å². The summed E-state index contributed by atoms with van der Waals surface area (Å²) < 4.78 is 6.02. The molecule has 1 aromatic rings. The highest BCUT2D eigenvalue weighted by Gasteiger charge is 2.24. The van der Waals surface area contributed by atoms with Crippen molar-refractivity contribution in [2.45, 2.75) is 52.2 Å². The van der Waals surface area contributed by atoms with Crippen molar-refractivity contribution in [1.29, 1.82) is 0 Å². The Bertz CT molecular complexity index is 350. The molecule has 0 amide bonds. The zero-order chi connectivity index (χ0) is 13.0. The van der Waals surface area contributed by atoms with Gasteiger partial charge in [-0.15, -0.1) is 0 Å². The maximum absolute atomic E-state index is 6.02. The van der Waals surface area contributed by atoms with Crippen LogP contribution in [0.2, 0.25) is 0 Å². The first kappa shape index (κ1) is 13.4. The van der Waals surface area contributed by atoms with Crippen molar-refractivity contribution in [2.24, 2.45) is 5.92 Å². The molecule has 1 aliphatic rings. The lowest BCUT2D eigenvalue weighted by atomic mass is 9.96. The van der Waals surface area contributed by atoms with Crippen molar-refractivity contribution in [2.75, 3.05) is 6.54 Å². The summed E-state index contributed by atoms with van der Waals surface area (Å²) in [5, 5.41) is 3.54. The molecule has 0 bridgehead atoms. The maximum atomic E-state index is 6.02. The lowest BCUT2D eigenvalue weighted by molar-refractivity contribution is 0.189. The Balaban J connectivity index is 1.84. The SMILES string of the molecule is CCC(CNC(C)C)CC1Cc2ccccc2O1. The first-order chi connectivity index (χ1) is 8.69. The summed E-state index contributed by atoms with van der Waals surface area (Å²) in [6, 6.07) is 8.99. The van der Waals surface area contributed by atoms with Gasteiger partial charge in [-0.05, 0) is 30.5 Å². The van der Waals surface area contributed by atoms with Gasteiger partial charge in [0.25, 0.3) is 0 Å². The summed E-state index contributed by atoms with van der Waals surface area (Å²) in [7, 11) is 0. The second-order valence-electron chi connectivity index (χ2n) is 5.62. The number of ether oxygens (including phenoxy) is 1. The first-order valence-electron chi connectivity index (χ1n) is 7.17. The lowest BCUT2D eigenvalue weighted by Crippen LogP contribution is -2.31. The smallest absolute Gasteiger partial charge is 0.123 e. The van der Waals surface area contributed by atoms with Crippen molar-refractivity contribution >= 4 is 0 Å². The quantitative estimate of drug-likeness (QED) is 0.832. The molecule has 0 spiro atoms.